The highest BCUT2D eigenvalue weighted by Gasteiger charge is 2.27. The van der Waals surface area contributed by atoms with Gasteiger partial charge >= 0.3 is 0 Å². The number of aromatic amines is 1. The molecule has 2 aromatic rings. The van der Waals surface area contributed by atoms with Gasteiger partial charge in [-0.05, 0) is 31.2 Å². The minimum Gasteiger partial charge on any atom is -0.310 e. The summed E-state index contributed by atoms with van der Waals surface area (Å²) in [6.07, 6.45) is 2.23. The van der Waals surface area contributed by atoms with Gasteiger partial charge in [-0.1, -0.05) is 11.6 Å². The van der Waals surface area contributed by atoms with Crippen molar-refractivity contribution in [3.63, 3.8) is 0 Å². The Morgan fingerprint density at radius 3 is 2.88 bits per heavy atom. The molecule has 0 saturated heterocycles. The zero-order valence-electron chi connectivity index (χ0n) is 9.29. The highest BCUT2D eigenvalue weighted by atomic mass is 35.5. The summed E-state index contributed by atoms with van der Waals surface area (Å²) in [5.74, 6) is 1.24. The molecule has 1 aliphatic rings. The molecule has 0 amide bonds. The van der Waals surface area contributed by atoms with Crippen LogP contribution in [0.15, 0.2) is 16.2 Å². The zero-order chi connectivity index (χ0) is 12.0. The molecule has 1 aliphatic carbocycles. The molecule has 0 aliphatic heterocycles. The van der Waals surface area contributed by atoms with Crippen molar-refractivity contribution in [3.05, 3.63) is 38.2 Å². The molecule has 2 heterocycles. The molecule has 88 valence electrons. The molecule has 0 spiro atoms. The van der Waals surface area contributed by atoms with Crippen LogP contribution >= 0.6 is 22.9 Å². The number of hydrogen-bond donors (Lipinski definition) is 1. The molecule has 1 fully saturated rings. The molecule has 5 heteroatoms. The number of nitrogens with zero attached hydrogens (tertiary/aromatic N) is 1. The first-order valence-corrected chi connectivity index (χ1v) is 6.76. The SMILES string of the molecule is Cc1c(-c2sccc2Cl)nc(C2CC2)[nH]c1=O. The van der Waals surface area contributed by atoms with Gasteiger partial charge in [0, 0.05) is 11.5 Å². The van der Waals surface area contributed by atoms with Crippen LogP contribution in [-0.4, -0.2) is 9.97 Å². The Bertz CT molecular complexity index is 628. The lowest BCUT2D eigenvalue weighted by Crippen LogP contribution is -2.15. The molecule has 0 radical (unpaired) electrons. The summed E-state index contributed by atoms with van der Waals surface area (Å²) in [5, 5.41) is 2.58. The maximum absolute atomic E-state index is 11.9. The maximum Gasteiger partial charge on any atom is 0.254 e. The maximum atomic E-state index is 11.9. The first-order valence-electron chi connectivity index (χ1n) is 5.51. The van der Waals surface area contributed by atoms with Crippen LogP contribution in [0.4, 0.5) is 0 Å². The van der Waals surface area contributed by atoms with Crippen LogP contribution in [-0.2, 0) is 0 Å². The average molecular weight is 267 g/mol. The highest BCUT2D eigenvalue weighted by molar-refractivity contribution is 7.14. The van der Waals surface area contributed by atoms with E-state index in [0.717, 1.165) is 29.2 Å². The molecule has 0 bridgehead atoms. The molecule has 1 N–H and O–H groups in total. The summed E-state index contributed by atoms with van der Waals surface area (Å²) >= 11 is 7.62. The minimum atomic E-state index is -0.0543. The Kier molecular flexibility index (Phi) is 2.56. The predicted octanol–water partition coefficient (Wildman–Crippen LogP) is 3.34. The number of halogens is 1. The van der Waals surface area contributed by atoms with E-state index in [0.29, 0.717) is 16.5 Å². The zero-order valence-corrected chi connectivity index (χ0v) is 10.9. The minimum absolute atomic E-state index is 0.0543. The van der Waals surface area contributed by atoms with Gasteiger partial charge in [-0.3, -0.25) is 4.79 Å². The van der Waals surface area contributed by atoms with Gasteiger partial charge in [-0.15, -0.1) is 11.3 Å². The van der Waals surface area contributed by atoms with Crippen LogP contribution in [0.5, 0.6) is 0 Å². The summed E-state index contributed by atoms with van der Waals surface area (Å²) in [5.41, 5.74) is 1.32. The molecule has 2 aromatic heterocycles. The molecular formula is C12H11ClN2OS. The van der Waals surface area contributed by atoms with Crippen molar-refractivity contribution in [3.8, 4) is 10.6 Å². The van der Waals surface area contributed by atoms with Gasteiger partial charge in [0.15, 0.2) is 0 Å². The molecule has 3 nitrogen and oxygen atoms in total. The van der Waals surface area contributed by atoms with Gasteiger partial charge in [0.2, 0.25) is 0 Å². The van der Waals surface area contributed by atoms with Gasteiger partial charge in [-0.2, -0.15) is 0 Å². The van der Waals surface area contributed by atoms with Crippen molar-refractivity contribution in [2.45, 2.75) is 25.7 Å². The number of hydrogen-bond acceptors (Lipinski definition) is 3. The molecular weight excluding hydrogens is 256 g/mol. The topological polar surface area (TPSA) is 45.8 Å². The summed E-state index contributed by atoms with van der Waals surface area (Å²) in [6, 6.07) is 1.83. The quantitative estimate of drug-likeness (QED) is 0.906. The lowest BCUT2D eigenvalue weighted by atomic mass is 10.2. The third kappa shape index (κ3) is 1.91. The van der Waals surface area contributed by atoms with Gasteiger partial charge < -0.3 is 4.98 Å². The van der Waals surface area contributed by atoms with E-state index < -0.39 is 0 Å². The highest BCUT2D eigenvalue weighted by Crippen LogP contribution is 2.39. The van der Waals surface area contributed by atoms with Crippen molar-refractivity contribution >= 4 is 22.9 Å². The van der Waals surface area contributed by atoms with Gasteiger partial charge in [0.1, 0.15) is 5.82 Å². The van der Waals surface area contributed by atoms with E-state index in [2.05, 4.69) is 9.97 Å². The Hall–Kier alpha value is -1.13. The number of thiophene rings is 1. The van der Waals surface area contributed by atoms with E-state index in [1.807, 2.05) is 11.4 Å². The first-order chi connectivity index (χ1) is 8.16. The second kappa shape index (κ2) is 3.96. The van der Waals surface area contributed by atoms with Crippen LogP contribution in [0.1, 0.15) is 30.1 Å². The number of rotatable bonds is 2. The molecule has 0 aromatic carbocycles. The smallest absolute Gasteiger partial charge is 0.254 e. The summed E-state index contributed by atoms with van der Waals surface area (Å²) in [6.45, 7) is 1.79. The number of H-pyrrole nitrogens is 1. The molecule has 0 unspecified atom stereocenters. The van der Waals surface area contributed by atoms with Crippen LogP contribution in [0, 0.1) is 6.92 Å². The Morgan fingerprint density at radius 1 is 1.53 bits per heavy atom. The van der Waals surface area contributed by atoms with E-state index >= 15 is 0 Å². The monoisotopic (exact) mass is 266 g/mol. The van der Waals surface area contributed by atoms with Crippen LogP contribution in [0.3, 0.4) is 0 Å². The van der Waals surface area contributed by atoms with E-state index in [-0.39, 0.29) is 5.56 Å². The van der Waals surface area contributed by atoms with E-state index in [1.165, 1.54) is 11.3 Å². The van der Waals surface area contributed by atoms with Gasteiger partial charge in [0.05, 0.1) is 15.6 Å². The molecule has 1 saturated carbocycles. The summed E-state index contributed by atoms with van der Waals surface area (Å²) in [4.78, 5) is 20.2. The largest absolute Gasteiger partial charge is 0.310 e. The fourth-order valence-corrected chi connectivity index (χ4v) is 2.98. The van der Waals surface area contributed by atoms with Crippen LogP contribution < -0.4 is 5.56 Å². The van der Waals surface area contributed by atoms with Crippen molar-refractivity contribution < 1.29 is 0 Å². The predicted molar refractivity (Wildman–Crippen MR) is 69.9 cm³/mol. The lowest BCUT2D eigenvalue weighted by Gasteiger charge is -2.05. The van der Waals surface area contributed by atoms with E-state index in [9.17, 15) is 4.79 Å². The van der Waals surface area contributed by atoms with E-state index in [4.69, 9.17) is 11.6 Å². The fraction of sp³-hybridized carbons (Fsp3) is 0.333. The summed E-state index contributed by atoms with van der Waals surface area (Å²) in [7, 11) is 0. The van der Waals surface area contributed by atoms with Crippen molar-refractivity contribution in [2.24, 2.45) is 0 Å². The third-order valence-corrected chi connectivity index (χ3v) is 4.31. The Morgan fingerprint density at radius 2 is 2.29 bits per heavy atom. The third-order valence-electron chi connectivity index (χ3n) is 2.97. The van der Waals surface area contributed by atoms with Crippen LogP contribution in [0.2, 0.25) is 5.02 Å². The fourth-order valence-electron chi connectivity index (χ4n) is 1.78. The van der Waals surface area contributed by atoms with E-state index in [1.54, 1.807) is 6.92 Å². The second-order valence-corrected chi connectivity index (χ2v) is 5.62. The van der Waals surface area contributed by atoms with Crippen molar-refractivity contribution in [2.75, 3.05) is 0 Å². The molecule has 0 atom stereocenters. The second-order valence-electron chi connectivity index (χ2n) is 4.30. The van der Waals surface area contributed by atoms with Crippen LogP contribution in [0.25, 0.3) is 10.6 Å². The molecule has 17 heavy (non-hydrogen) atoms. The standard InChI is InChI=1S/C12H11ClN2OS/c1-6-9(10-8(13)4-5-17-10)14-11(7-2-3-7)15-12(6)16/h4-5,7H,2-3H2,1H3,(H,14,15,16). The number of nitrogens with one attached hydrogen (secondary N) is 1. The molecule has 3 rings (SSSR count). The normalized spacial score (nSPS) is 15.2. The van der Waals surface area contributed by atoms with Gasteiger partial charge in [0.25, 0.3) is 5.56 Å². The van der Waals surface area contributed by atoms with Crippen molar-refractivity contribution in [1.29, 1.82) is 0 Å². The summed E-state index contributed by atoms with van der Waals surface area (Å²) < 4.78 is 0. The Labute approximate surface area is 107 Å². The first kappa shape index (κ1) is 11.0. The Balaban J connectivity index is 2.21. The lowest BCUT2D eigenvalue weighted by molar-refractivity contribution is 0.902. The number of aromatic nitrogens is 2. The van der Waals surface area contributed by atoms with Gasteiger partial charge in [-0.25, -0.2) is 4.98 Å². The van der Waals surface area contributed by atoms with Crippen molar-refractivity contribution in [1.82, 2.24) is 9.97 Å². The average Bonchev–Trinajstić information content (AvgIpc) is 3.06.